The van der Waals surface area contributed by atoms with E-state index in [2.05, 4.69) is 20.5 Å². The fourth-order valence-corrected chi connectivity index (χ4v) is 1.71. The number of alkyl halides is 1. The summed E-state index contributed by atoms with van der Waals surface area (Å²) in [5, 5.41) is 14.6. The molecule has 0 spiro atoms. The van der Waals surface area contributed by atoms with Crippen LogP contribution in [0.3, 0.4) is 0 Å². The molecule has 0 N–H and O–H groups in total. The molecule has 9 nitrogen and oxygen atoms in total. The van der Waals surface area contributed by atoms with E-state index >= 15 is 0 Å². The second-order valence-electron chi connectivity index (χ2n) is 5.51. The highest BCUT2D eigenvalue weighted by atomic mass is 35.5. The van der Waals surface area contributed by atoms with E-state index in [4.69, 9.17) is 16.3 Å². The first-order valence-corrected chi connectivity index (χ1v) is 6.82. The molecule has 2 aromatic heterocycles. The maximum Gasteiger partial charge on any atom is 0.416 e. The topological polar surface area (TPSA) is 102 Å². The number of hydrogen-bond acceptors (Lipinski definition) is 7. The molecule has 2 heterocycles. The quantitative estimate of drug-likeness (QED) is 0.488. The van der Waals surface area contributed by atoms with E-state index in [1.165, 1.54) is 22.5 Å². The van der Waals surface area contributed by atoms with E-state index in [0.29, 0.717) is 5.65 Å². The van der Waals surface area contributed by atoms with Gasteiger partial charge in [0, 0.05) is 7.05 Å². The lowest BCUT2D eigenvalue weighted by molar-refractivity contribution is 0.0586. The Hall–Kier alpha value is -2.29. The van der Waals surface area contributed by atoms with Gasteiger partial charge >= 0.3 is 6.09 Å². The summed E-state index contributed by atoms with van der Waals surface area (Å²) < 4.78 is 6.55. The van der Waals surface area contributed by atoms with Crippen molar-refractivity contribution in [3.05, 3.63) is 22.7 Å². The minimum atomic E-state index is -1.13. The Morgan fingerprint density at radius 1 is 1.41 bits per heavy atom. The average Bonchev–Trinajstić information content (AvgIpc) is 2.86. The van der Waals surface area contributed by atoms with Gasteiger partial charge in [-0.1, -0.05) is 11.6 Å². The summed E-state index contributed by atoms with van der Waals surface area (Å²) in [6.45, 7) is 5.26. The first kappa shape index (κ1) is 16.1. The van der Waals surface area contributed by atoms with Crippen molar-refractivity contribution < 1.29 is 9.53 Å². The molecular formula is C12H15ClN6O3. The predicted octanol–water partition coefficient (Wildman–Crippen LogP) is 2.50. The number of carbonyl (C=O) groups is 1. The zero-order chi connectivity index (χ0) is 16.5. The molecule has 0 bridgehead atoms. The first-order valence-electron chi connectivity index (χ1n) is 6.38. The van der Waals surface area contributed by atoms with Crippen molar-refractivity contribution >= 4 is 29.3 Å². The molecule has 0 radical (unpaired) electrons. The fraction of sp³-hybridized carbons (Fsp3) is 0.500. The van der Waals surface area contributed by atoms with Crippen LogP contribution < -0.4 is 4.90 Å². The van der Waals surface area contributed by atoms with Crippen LogP contribution in [0.4, 0.5) is 10.7 Å². The van der Waals surface area contributed by atoms with Crippen LogP contribution in [0.25, 0.3) is 5.65 Å². The van der Waals surface area contributed by atoms with E-state index in [9.17, 15) is 9.70 Å². The molecule has 0 aromatic carbocycles. The number of aromatic nitrogens is 4. The van der Waals surface area contributed by atoms with Crippen molar-refractivity contribution in [1.29, 1.82) is 0 Å². The summed E-state index contributed by atoms with van der Waals surface area (Å²) in [5.74, 6) is 0.140. The van der Waals surface area contributed by atoms with Crippen LogP contribution in [0.5, 0.6) is 0 Å². The average molecular weight is 327 g/mol. The van der Waals surface area contributed by atoms with Gasteiger partial charge in [0.1, 0.15) is 11.3 Å². The van der Waals surface area contributed by atoms with Crippen molar-refractivity contribution in [3.8, 4) is 0 Å². The Kier molecular flexibility index (Phi) is 4.27. The van der Waals surface area contributed by atoms with E-state index in [0.717, 1.165) is 0 Å². The lowest BCUT2D eigenvalue weighted by atomic mass is 10.2. The Balaban J connectivity index is 2.38. The maximum absolute atomic E-state index is 12.1. The summed E-state index contributed by atoms with van der Waals surface area (Å²) in [6.07, 6.45) is -0.607. The van der Waals surface area contributed by atoms with E-state index in [1.807, 2.05) is 0 Å². The predicted molar refractivity (Wildman–Crippen MR) is 79.8 cm³/mol. The third kappa shape index (κ3) is 3.30. The van der Waals surface area contributed by atoms with Crippen molar-refractivity contribution in [2.75, 3.05) is 11.9 Å². The molecule has 0 aliphatic carbocycles. The third-order valence-electron chi connectivity index (χ3n) is 2.57. The molecule has 2 rings (SSSR count). The number of hydrogen-bond donors (Lipinski definition) is 0. The molecule has 1 atom stereocenters. The van der Waals surface area contributed by atoms with Gasteiger partial charge in [-0.3, -0.25) is 0 Å². The van der Waals surface area contributed by atoms with Crippen LogP contribution in [0, 0.1) is 4.91 Å². The third-order valence-corrected chi connectivity index (χ3v) is 2.87. The van der Waals surface area contributed by atoms with Crippen molar-refractivity contribution in [2.45, 2.75) is 31.9 Å². The zero-order valence-electron chi connectivity index (χ0n) is 12.5. The molecule has 0 aliphatic heterocycles. The molecule has 22 heavy (non-hydrogen) atoms. The Morgan fingerprint density at radius 3 is 2.68 bits per heavy atom. The van der Waals surface area contributed by atoms with Crippen LogP contribution in [-0.2, 0) is 4.74 Å². The normalized spacial score (nSPS) is 13.0. The van der Waals surface area contributed by atoms with Crippen molar-refractivity contribution in [1.82, 2.24) is 19.8 Å². The SMILES string of the molecule is CN(C(=O)OC(C)(C)C)c1nnc2ccc(C(Cl)N=O)nn12. The Bertz CT molecular complexity index is 710. The molecule has 0 saturated carbocycles. The number of nitrogens with zero attached hydrogens (tertiary/aromatic N) is 6. The van der Waals surface area contributed by atoms with Crippen LogP contribution in [-0.4, -0.2) is 38.6 Å². The van der Waals surface area contributed by atoms with E-state index in [-0.39, 0.29) is 11.6 Å². The van der Waals surface area contributed by atoms with E-state index in [1.54, 1.807) is 26.8 Å². The number of nitroso groups, excluding NO2 is 1. The van der Waals surface area contributed by atoms with Crippen molar-refractivity contribution in [3.63, 3.8) is 0 Å². The highest BCUT2D eigenvalue weighted by molar-refractivity contribution is 6.20. The van der Waals surface area contributed by atoms with Gasteiger partial charge in [0.05, 0.1) is 0 Å². The van der Waals surface area contributed by atoms with Gasteiger partial charge in [0.25, 0.3) is 5.95 Å². The number of fused-ring (bicyclic) bond motifs is 1. The smallest absolute Gasteiger partial charge is 0.416 e. The molecule has 0 fully saturated rings. The molecule has 2 aromatic rings. The summed E-state index contributed by atoms with van der Waals surface area (Å²) in [5.41, 5.74) is -1.16. The van der Waals surface area contributed by atoms with Gasteiger partial charge in [-0.25, -0.2) is 9.69 Å². The fourth-order valence-electron chi connectivity index (χ4n) is 1.59. The number of ether oxygens (including phenoxy) is 1. The minimum Gasteiger partial charge on any atom is -0.443 e. The van der Waals surface area contributed by atoms with Gasteiger partial charge < -0.3 is 4.74 Å². The second kappa shape index (κ2) is 5.84. The summed E-state index contributed by atoms with van der Waals surface area (Å²) in [6, 6.07) is 3.09. The van der Waals surface area contributed by atoms with Crippen LogP contribution in [0.15, 0.2) is 17.3 Å². The van der Waals surface area contributed by atoms with Gasteiger partial charge in [0.2, 0.25) is 5.50 Å². The summed E-state index contributed by atoms with van der Waals surface area (Å²) >= 11 is 5.74. The summed E-state index contributed by atoms with van der Waals surface area (Å²) in [7, 11) is 1.48. The highest BCUT2D eigenvalue weighted by Gasteiger charge is 2.24. The number of rotatable bonds is 3. The largest absolute Gasteiger partial charge is 0.443 e. The van der Waals surface area contributed by atoms with Crippen LogP contribution in [0.1, 0.15) is 32.0 Å². The zero-order valence-corrected chi connectivity index (χ0v) is 13.3. The molecule has 1 unspecified atom stereocenters. The molecular weight excluding hydrogens is 312 g/mol. The van der Waals surface area contributed by atoms with Gasteiger partial charge in [-0.15, -0.1) is 15.1 Å². The standard InChI is InChI=1S/C12H15ClN6O3/c1-12(2,3)22-11(20)18(4)10-15-14-8-6-5-7(9(13)17-21)16-19(8)10/h5-6,9H,1-4H3. The highest BCUT2D eigenvalue weighted by Crippen LogP contribution is 2.21. The number of carbonyl (C=O) groups excluding carboxylic acids is 1. The molecule has 0 aliphatic rings. The van der Waals surface area contributed by atoms with Crippen molar-refractivity contribution in [2.24, 2.45) is 5.18 Å². The second-order valence-corrected chi connectivity index (χ2v) is 5.92. The molecule has 0 saturated heterocycles. The minimum absolute atomic E-state index is 0.140. The molecule has 118 valence electrons. The number of halogens is 1. The summed E-state index contributed by atoms with van der Waals surface area (Å²) in [4.78, 5) is 23.8. The Labute approximate surface area is 131 Å². The molecule has 1 amide bonds. The lowest BCUT2D eigenvalue weighted by Gasteiger charge is -2.23. The first-order chi connectivity index (χ1) is 10.2. The lowest BCUT2D eigenvalue weighted by Crippen LogP contribution is -2.35. The van der Waals surface area contributed by atoms with Gasteiger partial charge in [0.15, 0.2) is 5.65 Å². The van der Waals surface area contributed by atoms with Gasteiger partial charge in [-0.05, 0) is 38.1 Å². The monoisotopic (exact) mass is 326 g/mol. The van der Waals surface area contributed by atoms with Crippen LogP contribution in [0.2, 0.25) is 0 Å². The Morgan fingerprint density at radius 2 is 2.09 bits per heavy atom. The van der Waals surface area contributed by atoms with E-state index < -0.39 is 17.2 Å². The van der Waals surface area contributed by atoms with Gasteiger partial charge in [-0.2, -0.15) is 9.61 Å². The number of amides is 1. The molecule has 10 heteroatoms. The maximum atomic E-state index is 12.1. The van der Waals surface area contributed by atoms with Crippen LogP contribution >= 0.6 is 11.6 Å². The number of anilines is 1.